The van der Waals surface area contributed by atoms with Crippen molar-refractivity contribution in [2.45, 2.75) is 25.1 Å². The lowest BCUT2D eigenvalue weighted by Crippen LogP contribution is -2.14. The quantitative estimate of drug-likeness (QED) is 0.607. The first-order valence-electron chi connectivity index (χ1n) is 4.87. The van der Waals surface area contributed by atoms with Crippen LogP contribution in [0, 0.1) is 13.8 Å². The second-order valence-electron chi connectivity index (χ2n) is 3.61. The van der Waals surface area contributed by atoms with Gasteiger partial charge in [0.2, 0.25) is 0 Å². The van der Waals surface area contributed by atoms with E-state index in [1.165, 1.54) is 5.56 Å². The van der Waals surface area contributed by atoms with Crippen molar-refractivity contribution in [2.75, 3.05) is 5.88 Å². The lowest BCUT2D eigenvalue weighted by molar-refractivity contribution is 0.0990. The molecule has 3 heteroatoms. The molecule has 0 amide bonds. The molecule has 0 radical (unpaired) electrons. The zero-order valence-electron chi connectivity index (χ0n) is 8.89. The molecular formula is C12H14BrClO. The summed E-state index contributed by atoms with van der Waals surface area (Å²) in [6.45, 7) is 4.05. The van der Waals surface area contributed by atoms with Crippen molar-refractivity contribution in [1.29, 1.82) is 0 Å². The summed E-state index contributed by atoms with van der Waals surface area (Å²) >= 11 is 8.95. The molecule has 0 aliphatic carbocycles. The average Bonchev–Trinajstić information content (AvgIpc) is 2.21. The third-order valence-corrected chi connectivity index (χ3v) is 3.53. The number of benzene rings is 1. The van der Waals surface area contributed by atoms with Crippen LogP contribution in [0.5, 0.6) is 0 Å². The van der Waals surface area contributed by atoms with Crippen LogP contribution in [0.3, 0.4) is 0 Å². The van der Waals surface area contributed by atoms with Crippen molar-refractivity contribution in [3.05, 3.63) is 34.9 Å². The van der Waals surface area contributed by atoms with Crippen LogP contribution in [0.1, 0.15) is 27.9 Å². The number of hydrogen-bond acceptors (Lipinski definition) is 1. The van der Waals surface area contributed by atoms with E-state index >= 15 is 0 Å². The van der Waals surface area contributed by atoms with Gasteiger partial charge in [-0.25, -0.2) is 0 Å². The Labute approximate surface area is 104 Å². The summed E-state index contributed by atoms with van der Waals surface area (Å²) in [7, 11) is 0. The smallest absolute Gasteiger partial charge is 0.176 e. The minimum Gasteiger partial charge on any atom is -0.293 e. The molecule has 0 aromatic heterocycles. The number of Topliss-reactive ketones (excluding diaryl/α,β-unsaturated/α-hetero) is 1. The van der Waals surface area contributed by atoms with E-state index in [1.54, 1.807) is 0 Å². The Bertz CT molecular complexity index is 363. The molecule has 0 saturated heterocycles. The summed E-state index contributed by atoms with van der Waals surface area (Å²) in [6, 6.07) is 5.77. The first-order chi connectivity index (χ1) is 7.06. The molecule has 0 N–H and O–H groups in total. The van der Waals surface area contributed by atoms with E-state index in [0.29, 0.717) is 12.3 Å². The molecule has 0 heterocycles. The molecule has 1 rings (SSSR count). The van der Waals surface area contributed by atoms with E-state index in [4.69, 9.17) is 11.6 Å². The Balaban J connectivity index is 2.87. The van der Waals surface area contributed by atoms with Gasteiger partial charge in [-0.05, 0) is 37.5 Å². The van der Waals surface area contributed by atoms with E-state index in [9.17, 15) is 4.79 Å². The van der Waals surface area contributed by atoms with E-state index in [1.807, 2.05) is 32.0 Å². The van der Waals surface area contributed by atoms with Gasteiger partial charge in [-0.3, -0.25) is 4.79 Å². The molecule has 1 atom stereocenters. The Morgan fingerprint density at radius 3 is 2.60 bits per heavy atom. The predicted molar refractivity (Wildman–Crippen MR) is 68.3 cm³/mol. The molecule has 15 heavy (non-hydrogen) atoms. The summed E-state index contributed by atoms with van der Waals surface area (Å²) in [4.78, 5) is 11.7. The fourth-order valence-electron chi connectivity index (χ4n) is 1.30. The van der Waals surface area contributed by atoms with Crippen LogP contribution in [0.25, 0.3) is 0 Å². The summed E-state index contributed by atoms with van der Waals surface area (Å²) < 4.78 is 0. The summed E-state index contributed by atoms with van der Waals surface area (Å²) in [6.07, 6.45) is 0.660. The van der Waals surface area contributed by atoms with Crippen LogP contribution in [0.15, 0.2) is 18.2 Å². The number of carbonyl (C=O) groups excluding carboxylic acids is 1. The molecule has 1 nitrogen and oxygen atoms in total. The van der Waals surface area contributed by atoms with E-state index < -0.39 is 0 Å². The van der Waals surface area contributed by atoms with E-state index in [-0.39, 0.29) is 10.6 Å². The summed E-state index contributed by atoms with van der Waals surface area (Å²) in [5.74, 6) is 0.603. The van der Waals surface area contributed by atoms with Crippen molar-refractivity contribution < 1.29 is 4.79 Å². The van der Waals surface area contributed by atoms with Crippen molar-refractivity contribution in [2.24, 2.45) is 0 Å². The number of halogens is 2. The number of ketones is 1. The molecule has 0 spiro atoms. The SMILES string of the molecule is Cc1ccc(C(=O)C(Br)CCCl)cc1C. The fraction of sp³-hybridized carbons (Fsp3) is 0.417. The minimum absolute atomic E-state index is 0.110. The van der Waals surface area contributed by atoms with Crippen molar-refractivity contribution in [3.63, 3.8) is 0 Å². The highest BCUT2D eigenvalue weighted by Gasteiger charge is 2.16. The maximum Gasteiger partial charge on any atom is 0.176 e. The number of rotatable bonds is 4. The normalized spacial score (nSPS) is 12.5. The highest BCUT2D eigenvalue weighted by atomic mass is 79.9. The predicted octanol–water partition coefficient (Wildman–Crippen LogP) is 3.88. The largest absolute Gasteiger partial charge is 0.293 e. The minimum atomic E-state index is -0.169. The maximum absolute atomic E-state index is 11.9. The molecule has 0 fully saturated rings. The van der Waals surface area contributed by atoms with Crippen molar-refractivity contribution in [3.8, 4) is 0 Å². The summed E-state index contributed by atoms with van der Waals surface area (Å²) in [5.41, 5.74) is 3.10. The Kier molecular flexibility index (Phi) is 4.81. The van der Waals surface area contributed by atoms with Crippen molar-refractivity contribution >= 4 is 33.3 Å². The lowest BCUT2D eigenvalue weighted by Gasteiger charge is -2.08. The summed E-state index contributed by atoms with van der Waals surface area (Å²) in [5, 5.41) is 0. The van der Waals surface area contributed by atoms with Gasteiger partial charge < -0.3 is 0 Å². The molecule has 0 saturated carbocycles. The molecule has 1 aromatic rings. The topological polar surface area (TPSA) is 17.1 Å². The Hall–Kier alpha value is -0.340. The lowest BCUT2D eigenvalue weighted by atomic mass is 10.0. The number of hydrogen-bond donors (Lipinski definition) is 0. The molecule has 0 aliphatic rings. The number of carbonyl (C=O) groups is 1. The highest BCUT2D eigenvalue weighted by Crippen LogP contribution is 2.17. The van der Waals surface area contributed by atoms with Gasteiger partial charge in [0.15, 0.2) is 5.78 Å². The molecule has 1 aromatic carbocycles. The molecule has 0 bridgehead atoms. The van der Waals surface area contributed by atoms with Crippen molar-refractivity contribution in [1.82, 2.24) is 0 Å². The first-order valence-corrected chi connectivity index (χ1v) is 6.32. The van der Waals surface area contributed by atoms with Gasteiger partial charge in [0.05, 0.1) is 4.83 Å². The Morgan fingerprint density at radius 1 is 1.40 bits per heavy atom. The first kappa shape index (κ1) is 12.7. The highest BCUT2D eigenvalue weighted by molar-refractivity contribution is 9.10. The van der Waals surface area contributed by atoms with Gasteiger partial charge in [0.1, 0.15) is 0 Å². The van der Waals surface area contributed by atoms with E-state index in [0.717, 1.165) is 11.1 Å². The van der Waals surface area contributed by atoms with Gasteiger partial charge in [-0.1, -0.05) is 28.1 Å². The molecule has 82 valence electrons. The molecular weight excluding hydrogens is 275 g/mol. The monoisotopic (exact) mass is 288 g/mol. The standard InChI is InChI=1S/C12H14BrClO/c1-8-3-4-10(7-9(8)2)12(15)11(13)5-6-14/h3-4,7,11H,5-6H2,1-2H3. The second kappa shape index (κ2) is 5.66. The van der Waals surface area contributed by atoms with Crippen LogP contribution in [0.2, 0.25) is 0 Å². The van der Waals surface area contributed by atoms with E-state index in [2.05, 4.69) is 15.9 Å². The third-order valence-electron chi connectivity index (χ3n) is 2.44. The van der Waals surface area contributed by atoms with Crippen LogP contribution >= 0.6 is 27.5 Å². The molecule has 0 aliphatic heterocycles. The van der Waals surface area contributed by atoms with Gasteiger partial charge >= 0.3 is 0 Å². The van der Waals surface area contributed by atoms with Gasteiger partial charge in [0, 0.05) is 11.4 Å². The van der Waals surface area contributed by atoms with Crippen LogP contribution in [0.4, 0.5) is 0 Å². The zero-order chi connectivity index (χ0) is 11.4. The second-order valence-corrected chi connectivity index (χ2v) is 5.09. The third kappa shape index (κ3) is 3.32. The van der Waals surface area contributed by atoms with Crippen LogP contribution in [-0.2, 0) is 0 Å². The maximum atomic E-state index is 11.9. The average molecular weight is 290 g/mol. The molecule has 1 unspecified atom stereocenters. The number of aryl methyl sites for hydroxylation is 2. The van der Waals surface area contributed by atoms with Gasteiger partial charge in [0.25, 0.3) is 0 Å². The van der Waals surface area contributed by atoms with Gasteiger partial charge in [-0.2, -0.15) is 0 Å². The van der Waals surface area contributed by atoms with Crippen LogP contribution in [-0.4, -0.2) is 16.5 Å². The van der Waals surface area contributed by atoms with Gasteiger partial charge in [-0.15, -0.1) is 11.6 Å². The van der Waals surface area contributed by atoms with Crippen LogP contribution < -0.4 is 0 Å². The Morgan fingerprint density at radius 2 is 2.07 bits per heavy atom. The zero-order valence-corrected chi connectivity index (χ0v) is 11.2. The fourth-order valence-corrected chi connectivity index (χ4v) is 2.28. The number of alkyl halides is 2.